The first-order valence-electron chi connectivity index (χ1n) is 7.23. The first-order chi connectivity index (χ1) is 8.66. The second-order valence-corrected chi connectivity index (χ2v) is 5.84. The van der Waals surface area contributed by atoms with Gasteiger partial charge in [-0.25, -0.2) is 0 Å². The van der Waals surface area contributed by atoms with Crippen molar-refractivity contribution >= 4 is 5.91 Å². The highest BCUT2D eigenvalue weighted by Crippen LogP contribution is 2.26. The normalized spacial score (nSPS) is 32.4. The fraction of sp³-hybridized carbons (Fsp3) is 0.929. The van der Waals surface area contributed by atoms with Gasteiger partial charge in [0.05, 0.1) is 12.1 Å². The number of ether oxygens (including phenoxy) is 1. The summed E-state index contributed by atoms with van der Waals surface area (Å²) in [4.78, 5) is 13.6. The lowest BCUT2D eigenvalue weighted by atomic mass is 9.87. The zero-order chi connectivity index (χ0) is 13.0. The number of carbonyl (C=O) groups excluding carboxylic acids is 1. The first kappa shape index (κ1) is 13.8. The molecule has 2 rings (SSSR count). The van der Waals surface area contributed by atoms with E-state index in [1.165, 1.54) is 32.1 Å². The molecule has 4 nitrogen and oxygen atoms in total. The zero-order valence-electron chi connectivity index (χ0n) is 11.7. The van der Waals surface area contributed by atoms with Gasteiger partial charge in [-0.15, -0.1) is 0 Å². The third-order valence-electron chi connectivity index (χ3n) is 4.17. The number of hydrogen-bond acceptors (Lipinski definition) is 3. The molecule has 2 aliphatic heterocycles. The number of hydrogen-bond donors (Lipinski definition) is 1. The van der Waals surface area contributed by atoms with Crippen molar-refractivity contribution in [1.29, 1.82) is 0 Å². The zero-order valence-corrected chi connectivity index (χ0v) is 11.7. The third kappa shape index (κ3) is 3.69. The van der Waals surface area contributed by atoms with Crippen LogP contribution in [0.2, 0.25) is 0 Å². The lowest BCUT2D eigenvalue weighted by Crippen LogP contribution is -2.48. The van der Waals surface area contributed by atoms with Crippen LogP contribution in [0.3, 0.4) is 0 Å². The summed E-state index contributed by atoms with van der Waals surface area (Å²) in [6.07, 6.45) is 7.51. The van der Waals surface area contributed by atoms with Crippen LogP contribution < -0.4 is 5.32 Å². The van der Waals surface area contributed by atoms with Crippen molar-refractivity contribution in [3.05, 3.63) is 0 Å². The SMILES string of the molecule is CN(C)C(=O)C1CC(CCC2CCCO2)CCN1. The van der Waals surface area contributed by atoms with Crippen molar-refractivity contribution in [1.82, 2.24) is 10.2 Å². The number of likely N-dealkylation sites (N-methyl/N-ethyl adjacent to an activating group) is 1. The van der Waals surface area contributed by atoms with Gasteiger partial charge >= 0.3 is 0 Å². The van der Waals surface area contributed by atoms with E-state index in [0.717, 1.165) is 19.6 Å². The largest absolute Gasteiger partial charge is 0.378 e. The highest BCUT2D eigenvalue weighted by Gasteiger charge is 2.28. The number of nitrogens with one attached hydrogen (secondary N) is 1. The molecule has 3 atom stereocenters. The van der Waals surface area contributed by atoms with Crippen molar-refractivity contribution in [3.8, 4) is 0 Å². The minimum Gasteiger partial charge on any atom is -0.378 e. The van der Waals surface area contributed by atoms with Gasteiger partial charge in [0.25, 0.3) is 0 Å². The standard InChI is InChI=1S/C14H26N2O2/c1-16(2)14(17)13-10-11(7-8-15-13)5-6-12-4-3-9-18-12/h11-13,15H,3-10H2,1-2H3. The average molecular weight is 254 g/mol. The van der Waals surface area contributed by atoms with E-state index in [9.17, 15) is 4.79 Å². The Balaban J connectivity index is 1.74. The molecule has 2 heterocycles. The van der Waals surface area contributed by atoms with Gasteiger partial charge in [0.2, 0.25) is 5.91 Å². The number of carbonyl (C=O) groups is 1. The summed E-state index contributed by atoms with van der Waals surface area (Å²) in [7, 11) is 3.67. The van der Waals surface area contributed by atoms with Crippen molar-refractivity contribution < 1.29 is 9.53 Å². The van der Waals surface area contributed by atoms with Crippen LogP contribution in [0, 0.1) is 5.92 Å². The summed E-state index contributed by atoms with van der Waals surface area (Å²) in [6.45, 7) is 1.92. The number of piperidine rings is 1. The maximum atomic E-state index is 11.9. The van der Waals surface area contributed by atoms with E-state index < -0.39 is 0 Å². The highest BCUT2D eigenvalue weighted by molar-refractivity contribution is 5.81. The summed E-state index contributed by atoms with van der Waals surface area (Å²) < 4.78 is 5.67. The predicted molar refractivity (Wildman–Crippen MR) is 71.4 cm³/mol. The lowest BCUT2D eigenvalue weighted by Gasteiger charge is -2.31. The molecule has 3 unspecified atom stereocenters. The van der Waals surface area contributed by atoms with Gasteiger partial charge < -0.3 is 15.0 Å². The van der Waals surface area contributed by atoms with Gasteiger partial charge in [-0.2, -0.15) is 0 Å². The highest BCUT2D eigenvalue weighted by atomic mass is 16.5. The summed E-state index contributed by atoms with van der Waals surface area (Å²) in [6, 6.07) is 0.0308. The van der Waals surface area contributed by atoms with E-state index in [4.69, 9.17) is 4.74 Å². The van der Waals surface area contributed by atoms with E-state index in [2.05, 4.69) is 5.32 Å². The topological polar surface area (TPSA) is 41.6 Å². The van der Waals surface area contributed by atoms with Crippen LogP contribution in [0.25, 0.3) is 0 Å². The molecule has 0 saturated carbocycles. The van der Waals surface area contributed by atoms with E-state index in [0.29, 0.717) is 12.0 Å². The van der Waals surface area contributed by atoms with E-state index in [1.54, 1.807) is 4.90 Å². The fourth-order valence-electron chi connectivity index (χ4n) is 3.05. The smallest absolute Gasteiger partial charge is 0.239 e. The van der Waals surface area contributed by atoms with Gasteiger partial charge in [0, 0.05) is 20.7 Å². The van der Waals surface area contributed by atoms with Crippen molar-refractivity contribution in [2.45, 2.75) is 50.7 Å². The van der Waals surface area contributed by atoms with Gasteiger partial charge in [0.15, 0.2) is 0 Å². The second-order valence-electron chi connectivity index (χ2n) is 5.84. The molecule has 1 amide bonds. The molecule has 0 aromatic heterocycles. The molecule has 0 bridgehead atoms. The van der Waals surface area contributed by atoms with E-state index in [1.807, 2.05) is 14.1 Å². The van der Waals surface area contributed by atoms with Crippen molar-refractivity contribution in [2.24, 2.45) is 5.92 Å². The van der Waals surface area contributed by atoms with E-state index >= 15 is 0 Å². The maximum absolute atomic E-state index is 11.9. The maximum Gasteiger partial charge on any atom is 0.239 e. The Bertz CT molecular complexity index is 275. The minimum atomic E-state index is 0.0308. The Labute approximate surface area is 110 Å². The molecule has 2 saturated heterocycles. The number of nitrogens with zero attached hydrogens (tertiary/aromatic N) is 1. The molecule has 0 aromatic carbocycles. The van der Waals surface area contributed by atoms with E-state index in [-0.39, 0.29) is 11.9 Å². The summed E-state index contributed by atoms with van der Waals surface area (Å²) >= 11 is 0. The van der Waals surface area contributed by atoms with Crippen LogP contribution in [0.4, 0.5) is 0 Å². The number of amides is 1. The molecular formula is C14H26N2O2. The predicted octanol–water partition coefficient (Wildman–Crippen LogP) is 1.40. The van der Waals surface area contributed by atoms with Gasteiger partial charge in [-0.1, -0.05) is 0 Å². The van der Waals surface area contributed by atoms with Crippen molar-refractivity contribution in [2.75, 3.05) is 27.2 Å². The summed E-state index contributed by atoms with van der Waals surface area (Å²) in [5.74, 6) is 0.904. The Morgan fingerprint density at radius 1 is 1.33 bits per heavy atom. The van der Waals surface area contributed by atoms with Gasteiger partial charge in [0.1, 0.15) is 0 Å². The molecule has 4 heteroatoms. The van der Waals surface area contributed by atoms with Crippen LogP contribution >= 0.6 is 0 Å². The molecule has 0 spiro atoms. The molecule has 18 heavy (non-hydrogen) atoms. The molecule has 1 N–H and O–H groups in total. The Kier molecular flexibility index (Phi) is 5.01. The second kappa shape index (κ2) is 6.53. The minimum absolute atomic E-state index is 0.0308. The van der Waals surface area contributed by atoms with Crippen molar-refractivity contribution in [3.63, 3.8) is 0 Å². The Hall–Kier alpha value is -0.610. The average Bonchev–Trinajstić information content (AvgIpc) is 2.89. The molecule has 104 valence electrons. The summed E-state index contributed by atoms with van der Waals surface area (Å²) in [5.41, 5.74) is 0. The number of rotatable bonds is 4. The molecule has 0 aromatic rings. The van der Waals surface area contributed by atoms with Crippen LogP contribution in [0.1, 0.15) is 38.5 Å². The van der Waals surface area contributed by atoms with Crippen LogP contribution in [0.15, 0.2) is 0 Å². The Morgan fingerprint density at radius 3 is 2.83 bits per heavy atom. The molecule has 0 radical (unpaired) electrons. The molecule has 2 aliphatic rings. The van der Waals surface area contributed by atoms with Gasteiger partial charge in [-0.3, -0.25) is 4.79 Å². The fourth-order valence-corrected chi connectivity index (χ4v) is 3.05. The Morgan fingerprint density at radius 2 is 2.17 bits per heavy atom. The molecule has 0 aliphatic carbocycles. The monoisotopic (exact) mass is 254 g/mol. The van der Waals surface area contributed by atoms with Crippen LogP contribution in [-0.2, 0) is 9.53 Å². The lowest BCUT2D eigenvalue weighted by molar-refractivity contribution is -0.131. The quantitative estimate of drug-likeness (QED) is 0.824. The van der Waals surface area contributed by atoms with Crippen LogP contribution in [0.5, 0.6) is 0 Å². The third-order valence-corrected chi connectivity index (χ3v) is 4.17. The van der Waals surface area contributed by atoms with Crippen LogP contribution in [-0.4, -0.2) is 50.2 Å². The van der Waals surface area contributed by atoms with Gasteiger partial charge in [-0.05, 0) is 51.0 Å². The molecule has 2 fully saturated rings. The first-order valence-corrected chi connectivity index (χ1v) is 7.23. The summed E-state index contributed by atoms with van der Waals surface area (Å²) in [5, 5.41) is 3.34. The molecular weight excluding hydrogens is 228 g/mol.